The molecule has 1 fully saturated rings. The van der Waals surface area contributed by atoms with Gasteiger partial charge in [0.25, 0.3) is 5.91 Å². The maximum absolute atomic E-state index is 12.2. The van der Waals surface area contributed by atoms with Crippen molar-refractivity contribution in [2.75, 3.05) is 16.8 Å². The van der Waals surface area contributed by atoms with Gasteiger partial charge in [0.1, 0.15) is 6.10 Å². The van der Waals surface area contributed by atoms with Crippen LogP contribution in [-0.4, -0.2) is 28.5 Å². The molecule has 1 N–H and O–H groups in total. The van der Waals surface area contributed by atoms with Crippen LogP contribution >= 0.6 is 11.8 Å². The molecule has 4 nitrogen and oxygen atoms in total. The number of nitrogens with zero attached hydrogens (tertiary/aromatic N) is 1. The van der Waals surface area contributed by atoms with Crippen LogP contribution in [0.1, 0.15) is 16.8 Å². The topological polar surface area (TPSA) is 51.2 Å². The second-order valence-electron chi connectivity index (χ2n) is 4.81. The smallest absolute Gasteiger partial charge is 0.255 e. The number of carbonyl (C=O) groups is 1. The minimum absolute atomic E-state index is 0.158. The molecular weight excluding hydrogens is 284 g/mol. The van der Waals surface area contributed by atoms with Gasteiger partial charge >= 0.3 is 0 Å². The highest BCUT2D eigenvalue weighted by Crippen LogP contribution is 2.22. The summed E-state index contributed by atoms with van der Waals surface area (Å²) in [5, 5.41) is 2.85. The van der Waals surface area contributed by atoms with Gasteiger partial charge in [-0.1, -0.05) is 18.2 Å². The minimum Gasteiger partial charge on any atom is -0.473 e. The number of aromatic nitrogens is 1. The summed E-state index contributed by atoms with van der Waals surface area (Å²) in [5.41, 5.74) is 1.32. The highest BCUT2D eigenvalue weighted by atomic mass is 32.2. The van der Waals surface area contributed by atoms with E-state index in [0.717, 1.165) is 23.6 Å². The summed E-state index contributed by atoms with van der Waals surface area (Å²) in [5.74, 6) is 2.47. The van der Waals surface area contributed by atoms with Crippen molar-refractivity contribution >= 4 is 23.4 Å². The molecule has 2 aromatic rings. The normalized spacial score (nSPS) is 17.4. The fraction of sp³-hybridized carbons (Fsp3) is 0.250. The Morgan fingerprint density at radius 2 is 2.14 bits per heavy atom. The summed E-state index contributed by atoms with van der Waals surface area (Å²) >= 11 is 1.88. The molecule has 0 spiro atoms. The third kappa shape index (κ3) is 3.76. The van der Waals surface area contributed by atoms with Gasteiger partial charge in [0.05, 0.1) is 0 Å². The van der Waals surface area contributed by atoms with Gasteiger partial charge < -0.3 is 10.1 Å². The van der Waals surface area contributed by atoms with Crippen molar-refractivity contribution in [1.29, 1.82) is 0 Å². The number of hydrogen-bond acceptors (Lipinski definition) is 4. The lowest BCUT2D eigenvalue weighted by atomic mass is 10.2. The van der Waals surface area contributed by atoms with Gasteiger partial charge in [-0.15, -0.1) is 0 Å². The first-order chi connectivity index (χ1) is 10.3. The molecule has 1 unspecified atom stereocenters. The van der Waals surface area contributed by atoms with E-state index in [1.54, 1.807) is 18.3 Å². The summed E-state index contributed by atoms with van der Waals surface area (Å²) in [6.45, 7) is 0. The zero-order valence-electron chi connectivity index (χ0n) is 11.5. The molecule has 1 aliphatic heterocycles. The maximum atomic E-state index is 12.2. The van der Waals surface area contributed by atoms with E-state index >= 15 is 0 Å². The first-order valence-electron chi connectivity index (χ1n) is 6.88. The van der Waals surface area contributed by atoms with Gasteiger partial charge in [0, 0.05) is 29.3 Å². The van der Waals surface area contributed by atoms with E-state index in [9.17, 15) is 4.79 Å². The summed E-state index contributed by atoms with van der Waals surface area (Å²) in [6, 6.07) is 12.8. The van der Waals surface area contributed by atoms with Crippen LogP contribution in [0.5, 0.6) is 5.88 Å². The number of pyridine rings is 1. The van der Waals surface area contributed by atoms with E-state index in [1.165, 1.54) is 0 Å². The molecule has 21 heavy (non-hydrogen) atoms. The number of para-hydroxylation sites is 1. The van der Waals surface area contributed by atoms with Crippen LogP contribution in [0.4, 0.5) is 5.69 Å². The van der Waals surface area contributed by atoms with Crippen molar-refractivity contribution in [2.45, 2.75) is 12.5 Å². The Labute approximate surface area is 127 Å². The fourth-order valence-corrected chi connectivity index (χ4v) is 3.21. The Kier molecular flexibility index (Phi) is 4.40. The van der Waals surface area contributed by atoms with Crippen molar-refractivity contribution in [3.05, 3.63) is 54.2 Å². The standard InChI is InChI=1S/C16H16N2O2S/c19-16(18-13-4-2-1-3-5-13)12-6-8-17-15(10-12)20-14-7-9-21-11-14/h1-6,8,10,14H,7,9,11H2,(H,18,19). The number of thioether (sulfide) groups is 1. The van der Waals surface area contributed by atoms with Gasteiger partial charge in [0.15, 0.2) is 0 Å². The molecule has 1 saturated heterocycles. The van der Waals surface area contributed by atoms with E-state index in [2.05, 4.69) is 10.3 Å². The highest BCUT2D eigenvalue weighted by molar-refractivity contribution is 7.99. The number of ether oxygens (including phenoxy) is 1. The lowest BCUT2D eigenvalue weighted by Gasteiger charge is -2.12. The van der Waals surface area contributed by atoms with E-state index in [-0.39, 0.29) is 12.0 Å². The van der Waals surface area contributed by atoms with E-state index < -0.39 is 0 Å². The third-order valence-corrected chi connectivity index (χ3v) is 4.34. The quantitative estimate of drug-likeness (QED) is 0.942. The Hall–Kier alpha value is -2.01. The first-order valence-corrected chi connectivity index (χ1v) is 8.03. The maximum Gasteiger partial charge on any atom is 0.255 e. The SMILES string of the molecule is O=C(Nc1ccccc1)c1ccnc(OC2CCSC2)c1. The lowest BCUT2D eigenvalue weighted by Crippen LogP contribution is -2.17. The Balaban J connectivity index is 1.68. The van der Waals surface area contributed by atoms with Crippen LogP contribution in [-0.2, 0) is 0 Å². The molecule has 1 aliphatic rings. The third-order valence-electron chi connectivity index (χ3n) is 3.20. The molecular formula is C16H16N2O2S. The van der Waals surface area contributed by atoms with E-state index in [0.29, 0.717) is 11.4 Å². The van der Waals surface area contributed by atoms with Crippen LogP contribution in [0.25, 0.3) is 0 Å². The van der Waals surface area contributed by atoms with Crippen LogP contribution in [0.15, 0.2) is 48.7 Å². The largest absolute Gasteiger partial charge is 0.473 e. The van der Waals surface area contributed by atoms with Crippen molar-refractivity contribution in [3.63, 3.8) is 0 Å². The van der Waals surface area contributed by atoms with Gasteiger partial charge in [-0.3, -0.25) is 4.79 Å². The first kappa shape index (κ1) is 13.9. The Morgan fingerprint density at radius 1 is 1.29 bits per heavy atom. The van der Waals surface area contributed by atoms with Gasteiger partial charge in [-0.05, 0) is 30.4 Å². The molecule has 1 amide bonds. The average Bonchev–Trinajstić information content (AvgIpc) is 3.01. The summed E-state index contributed by atoms with van der Waals surface area (Å²) in [6.07, 6.45) is 2.85. The molecule has 108 valence electrons. The monoisotopic (exact) mass is 300 g/mol. The predicted molar refractivity (Wildman–Crippen MR) is 85.0 cm³/mol. The van der Waals surface area contributed by atoms with Crippen molar-refractivity contribution in [2.24, 2.45) is 0 Å². The number of nitrogens with one attached hydrogen (secondary N) is 1. The summed E-state index contributed by atoms with van der Waals surface area (Å²) in [7, 11) is 0. The van der Waals surface area contributed by atoms with Crippen molar-refractivity contribution in [1.82, 2.24) is 4.98 Å². The molecule has 0 bridgehead atoms. The Bertz CT molecular complexity index is 613. The molecule has 2 heterocycles. The molecule has 1 aromatic carbocycles. The predicted octanol–water partition coefficient (Wildman–Crippen LogP) is 3.22. The average molecular weight is 300 g/mol. The summed E-state index contributed by atoms with van der Waals surface area (Å²) < 4.78 is 5.80. The minimum atomic E-state index is -0.158. The molecule has 0 radical (unpaired) electrons. The van der Waals surface area contributed by atoms with Crippen molar-refractivity contribution in [3.8, 4) is 5.88 Å². The number of amides is 1. The number of hydrogen-bond donors (Lipinski definition) is 1. The summed E-state index contributed by atoms with van der Waals surface area (Å²) in [4.78, 5) is 16.4. The molecule has 0 aliphatic carbocycles. The number of benzene rings is 1. The highest BCUT2D eigenvalue weighted by Gasteiger charge is 2.18. The van der Waals surface area contributed by atoms with E-state index in [1.807, 2.05) is 42.1 Å². The Morgan fingerprint density at radius 3 is 2.90 bits per heavy atom. The second kappa shape index (κ2) is 6.63. The molecule has 3 rings (SSSR count). The zero-order valence-corrected chi connectivity index (χ0v) is 12.3. The van der Waals surface area contributed by atoms with Crippen LogP contribution in [0.2, 0.25) is 0 Å². The molecule has 0 saturated carbocycles. The zero-order chi connectivity index (χ0) is 14.5. The molecule has 1 atom stereocenters. The molecule has 1 aromatic heterocycles. The van der Waals surface area contributed by atoms with Gasteiger partial charge in [0.2, 0.25) is 5.88 Å². The van der Waals surface area contributed by atoms with Crippen LogP contribution < -0.4 is 10.1 Å². The van der Waals surface area contributed by atoms with Gasteiger partial charge in [-0.25, -0.2) is 4.98 Å². The number of carbonyl (C=O) groups excluding carboxylic acids is 1. The number of rotatable bonds is 4. The second-order valence-corrected chi connectivity index (χ2v) is 5.96. The van der Waals surface area contributed by atoms with E-state index in [4.69, 9.17) is 4.74 Å². The molecule has 5 heteroatoms. The lowest BCUT2D eigenvalue weighted by molar-refractivity contribution is 0.102. The van der Waals surface area contributed by atoms with Crippen LogP contribution in [0.3, 0.4) is 0 Å². The van der Waals surface area contributed by atoms with Gasteiger partial charge in [-0.2, -0.15) is 11.8 Å². The fourth-order valence-electron chi connectivity index (χ4n) is 2.12. The van der Waals surface area contributed by atoms with Crippen molar-refractivity contribution < 1.29 is 9.53 Å². The van der Waals surface area contributed by atoms with Crippen LogP contribution in [0, 0.1) is 0 Å². The number of anilines is 1.